The van der Waals surface area contributed by atoms with Crippen molar-refractivity contribution < 1.29 is 14.3 Å². The predicted octanol–water partition coefficient (Wildman–Crippen LogP) is 7.15. The summed E-state index contributed by atoms with van der Waals surface area (Å²) in [5, 5.41) is 4.84. The van der Waals surface area contributed by atoms with E-state index in [1.165, 1.54) is 0 Å². The van der Waals surface area contributed by atoms with Crippen molar-refractivity contribution in [2.45, 2.75) is 19.8 Å². The first-order valence-electron chi connectivity index (χ1n) is 12.8. The van der Waals surface area contributed by atoms with Crippen molar-refractivity contribution in [3.8, 4) is 0 Å². The molecule has 38 heavy (non-hydrogen) atoms. The quantitative estimate of drug-likeness (QED) is 0.224. The van der Waals surface area contributed by atoms with Crippen molar-refractivity contribution in [1.29, 1.82) is 0 Å². The number of pyridine rings is 1. The summed E-state index contributed by atoms with van der Waals surface area (Å²) in [4.78, 5) is 34.6. The second-order valence-corrected chi connectivity index (χ2v) is 10.2. The van der Waals surface area contributed by atoms with Crippen LogP contribution in [-0.2, 0) is 16.0 Å². The molecule has 0 fully saturated rings. The van der Waals surface area contributed by atoms with Crippen LogP contribution in [0.1, 0.15) is 39.8 Å². The van der Waals surface area contributed by atoms with Gasteiger partial charge < -0.3 is 9.64 Å². The van der Waals surface area contributed by atoms with Crippen LogP contribution in [0.15, 0.2) is 84.2 Å². The second kappa shape index (κ2) is 10.2. The van der Waals surface area contributed by atoms with Crippen LogP contribution in [0.2, 0.25) is 0 Å². The average molecular weight is 519 g/mol. The van der Waals surface area contributed by atoms with Crippen molar-refractivity contribution >= 4 is 62.2 Å². The first kappa shape index (κ1) is 24.1. The van der Waals surface area contributed by atoms with Gasteiger partial charge in [-0.25, -0.2) is 9.78 Å². The lowest BCUT2D eigenvalue weighted by atomic mass is 10.0. The molecule has 1 aliphatic rings. The van der Waals surface area contributed by atoms with E-state index in [9.17, 15) is 9.59 Å². The number of carbonyl (C=O) groups is 2. The summed E-state index contributed by atoms with van der Waals surface area (Å²) in [6, 6.07) is 25.6. The van der Waals surface area contributed by atoms with Gasteiger partial charge in [0.1, 0.15) is 0 Å². The van der Waals surface area contributed by atoms with Crippen molar-refractivity contribution in [3.05, 3.63) is 106 Å². The number of rotatable bonds is 6. The van der Waals surface area contributed by atoms with Gasteiger partial charge in [0.25, 0.3) is 5.91 Å². The van der Waals surface area contributed by atoms with Crippen LogP contribution >= 0.6 is 11.3 Å². The van der Waals surface area contributed by atoms with E-state index < -0.39 is 5.97 Å². The van der Waals surface area contributed by atoms with E-state index in [2.05, 4.69) is 12.1 Å². The normalized spacial score (nSPS) is 13.7. The fraction of sp³-hybridized carbons (Fsp3) is 0.156. The lowest BCUT2D eigenvalue weighted by molar-refractivity contribution is -0.121. The molecule has 2 heterocycles. The van der Waals surface area contributed by atoms with Crippen LogP contribution in [0.4, 0.5) is 5.69 Å². The number of nitrogens with zero attached hydrogens (tertiary/aromatic N) is 2. The molecule has 5 aromatic rings. The number of fused-ring (bicyclic) bond motifs is 3. The standard InChI is InChI=1S/C32H26N2O3S/c1-2-34(28-15-7-10-21-9-3-4-12-24(21)28)29(35)20-37-32(36)30-25-13-5-6-14-27(25)33-31-22(16-17-26(30)31)19-23-11-8-18-38-23/h3-15,18-19H,2,16-17,20H2,1H3/b22-19-. The van der Waals surface area contributed by atoms with Crippen LogP contribution < -0.4 is 4.90 Å². The van der Waals surface area contributed by atoms with Crippen molar-refractivity contribution in [2.24, 2.45) is 0 Å². The zero-order valence-electron chi connectivity index (χ0n) is 21.0. The summed E-state index contributed by atoms with van der Waals surface area (Å²) in [7, 11) is 0. The number of ether oxygens (including phenoxy) is 1. The number of esters is 1. The Labute approximate surface area is 225 Å². The van der Waals surface area contributed by atoms with Gasteiger partial charge in [-0.3, -0.25) is 4.79 Å². The molecule has 1 amide bonds. The number of para-hydroxylation sites is 1. The number of aromatic nitrogens is 1. The highest BCUT2D eigenvalue weighted by molar-refractivity contribution is 7.10. The fourth-order valence-corrected chi connectivity index (χ4v) is 5.94. The first-order valence-corrected chi connectivity index (χ1v) is 13.6. The van der Waals surface area contributed by atoms with E-state index in [1.807, 2.05) is 85.1 Å². The molecule has 0 saturated carbocycles. The van der Waals surface area contributed by atoms with E-state index in [0.717, 1.165) is 55.5 Å². The van der Waals surface area contributed by atoms with Gasteiger partial charge >= 0.3 is 5.97 Å². The number of carbonyl (C=O) groups excluding carboxylic acids is 2. The van der Waals surface area contributed by atoms with Gasteiger partial charge in [0, 0.05) is 22.2 Å². The monoisotopic (exact) mass is 518 g/mol. The molecule has 0 N–H and O–H groups in total. The zero-order chi connectivity index (χ0) is 26.1. The Hall–Kier alpha value is -4.29. The molecule has 5 nitrogen and oxygen atoms in total. The summed E-state index contributed by atoms with van der Waals surface area (Å²) in [5.74, 6) is -0.745. The lowest BCUT2D eigenvalue weighted by Crippen LogP contribution is -2.34. The van der Waals surface area contributed by atoms with Crippen LogP contribution in [0.25, 0.3) is 33.3 Å². The third kappa shape index (κ3) is 4.37. The summed E-state index contributed by atoms with van der Waals surface area (Å²) in [6.45, 7) is 2.06. The third-order valence-corrected chi connectivity index (χ3v) is 7.83. The Bertz CT molecular complexity index is 1700. The third-order valence-electron chi connectivity index (χ3n) is 7.01. The molecule has 6 rings (SSSR count). The molecule has 0 aliphatic heterocycles. The minimum absolute atomic E-state index is 0.259. The predicted molar refractivity (Wildman–Crippen MR) is 155 cm³/mol. The molecule has 0 radical (unpaired) electrons. The maximum atomic E-state index is 13.6. The molecule has 0 spiro atoms. The SMILES string of the molecule is CCN(C(=O)COC(=O)c1c2c(nc3ccccc13)/C(=C\c1cccs1)CC2)c1cccc2ccccc12. The summed E-state index contributed by atoms with van der Waals surface area (Å²) in [6.07, 6.45) is 3.67. The Balaban J connectivity index is 1.30. The van der Waals surface area contributed by atoms with E-state index in [1.54, 1.807) is 16.2 Å². The van der Waals surface area contributed by atoms with Gasteiger partial charge in [0.15, 0.2) is 6.61 Å². The number of amides is 1. The number of hydrogen-bond acceptors (Lipinski definition) is 5. The van der Waals surface area contributed by atoms with Gasteiger partial charge in [-0.1, -0.05) is 60.7 Å². The molecule has 0 atom stereocenters. The lowest BCUT2D eigenvalue weighted by Gasteiger charge is -2.23. The summed E-state index contributed by atoms with van der Waals surface area (Å²) < 4.78 is 5.71. The Morgan fingerprint density at radius 3 is 2.55 bits per heavy atom. The van der Waals surface area contributed by atoms with Crippen LogP contribution in [0.3, 0.4) is 0 Å². The molecule has 3 aromatic carbocycles. The van der Waals surface area contributed by atoms with E-state index in [0.29, 0.717) is 18.5 Å². The van der Waals surface area contributed by atoms with Crippen molar-refractivity contribution in [1.82, 2.24) is 4.98 Å². The van der Waals surface area contributed by atoms with Gasteiger partial charge in [-0.2, -0.15) is 0 Å². The number of allylic oxidation sites excluding steroid dienone is 1. The van der Waals surface area contributed by atoms with Crippen molar-refractivity contribution in [3.63, 3.8) is 0 Å². The fourth-order valence-electron chi connectivity index (χ4n) is 5.26. The van der Waals surface area contributed by atoms with E-state index in [4.69, 9.17) is 9.72 Å². The maximum Gasteiger partial charge on any atom is 0.339 e. The highest BCUT2D eigenvalue weighted by Gasteiger charge is 2.28. The Morgan fingerprint density at radius 2 is 1.74 bits per heavy atom. The number of hydrogen-bond donors (Lipinski definition) is 0. The average Bonchev–Trinajstić information content (AvgIpc) is 3.61. The number of likely N-dealkylation sites (N-methyl/N-ethyl adjacent to an activating group) is 1. The molecule has 6 heteroatoms. The summed E-state index contributed by atoms with van der Waals surface area (Å²) >= 11 is 1.68. The van der Waals surface area contributed by atoms with Gasteiger partial charge in [-0.05, 0) is 65.9 Å². The minimum Gasteiger partial charge on any atom is -0.452 e. The molecule has 0 bridgehead atoms. The molecular weight excluding hydrogens is 492 g/mol. The Morgan fingerprint density at radius 1 is 0.947 bits per heavy atom. The van der Waals surface area contributed by atoms with E-state index in [-0.39, 0.29) is 12.5 Å². The van der Waals surface area contributed by atoms with Crippen LogP contribution in [-0.4, -0.2) is 30.0 Å². The molecule has 0 saturated heterocycles. The molecule has 1 aliphatic carbocycles. The topological polar surface area (TPSA) is 59.5 Å². The maximum absolute atomic E-state index is 13.6. The molecule has 2 aromatic heterocycles. The number of thiophene rings is 1. The van der Waals surface area contributed by atoms with Crippen molar-refractivity contribution in [2.75, 3.05) is 18.1 Å². The van der Waals surface area contributed by atoms with E-state index >= 15 is 0 Å². The molecular formula is C32H26N2O3S. The molecule has 0 unspecified atom stereocenters. The highest BCUT2D eigenvalue weighted by atomic mass is 32.1. The van der Waals surface area contributed by atoms with Crippen LogP contribution in [0.5, 0.6) is 0 Å². The zero-order valence-corrected chi connectivity index (χ0v) is 21.8. The van der Waals surface area contributed by atoms with Crippen LogP contribution in [0, 0.1) is 0 Å². The smallest absolute Gasteiger partial charge is 0.339 e. The van der Waals surface area contributed by atoms with Gasteiger partial charge in [0.05, 0.1) is 22.5 Å². The minimum atomic E-state index is -0.487. The first-order chi connectivity index (χ1) is 18.6. The summed E-state index contributed by atoms with van der Waals surface area (Å²) in [5.41, 5.74) is 4.93. The molecule has 188 valence electrons. The highest BCUT2D eigenvalue weighted by Crippen LogP contribution is 2.38. The second-order valence-electron chi connectivity index (χ2n) is 9.23. The van der Waals surface area contributed by atoms with Gasteiger partial charge in [-0.15, -0.1) is 11.3 Å². The Kier molecular flexibility index (Phi) is 6.48. The van der Waals surface area contributed by atoms with Gasteiger partial charge in [0.2, 0.25) is 0 Å². The number of anilines is 1. The number of benzene rings is 3. The largest absolute Gasteiger partial charge is 0.452 e.